The SMILES string of the molecule is Cc1ccc(N2C[C@H](C(=O)N(C)Cc3cc(C)on3)CC2=O)c(F)c1. The first-order valence-electron chi connectivity index (χ1n) is 8.09. The normalized spacial score (nSPS) is 17.2. The Balaban J connectivity index is 1.69. The van der Waals surface area contributed by atoms with Gasteiger partial charge in [-0.3, -0.25) is 9.59 Å². The Morgan fingerprint density at radius 3 is 2.80 bits per heavy atom. The zero-order valence-electron chi connectivity index (χ0n) is 14.5. The predicted octanol–water partition coefficient (Wildman–Crippen LogP) is 2.44. The van der Waals surface area contributed by atoms with Gasteiger partial charge in [-0.1, -0.05) is 11.2 Å². The first kappa shape index (κ1) is 17.1. The number of halogens is 1. The van der Waals surface area contributed by atoms with Gasteiger partial charge in [0.2, 0.25) is 11.8 Å². The zero-order valence-corrected chi connectivity index (χ0v) is 14.5. The lowest BCUT2D eigenvalue weighted by Crippen LogP contribution is -2.34. The molecule has 1 aliphatic heterocycles. The van der Waals surface area contributed by atoms with Crippen molar-refractivity contribution < 1.29 is 18.5 Å². The third-order valence-electron chi connectivity index (χ3n) is 4.32. The summed E-state index contributed by atoms with van der Waals surface area (Å²) in [6.45, 7) is 4.05. The molecule has 25 heavy (non-hydrogen) atoms. The van der Waals surface area contributed by atoms with Gasteiger partial charge in [0, 0.05) is 26.1 Å². The van der Waals surface area contributed by atoms with Crippen LogP contribution >= 0.6 is 0 Å². The van der Waals surface area contributed by atoms with Gasteiger partial charge in [0.05, 0.1) is 18.2 Å². The lowest BCUT2D eigenvalue weighted by Gasteiger charge is -2.21. The van der Waals surface area contributed by atoms with Crippen molar-refractivity contribution in [2.24, 2.45) is 5.92 Å². The molecular weight excluding hydrogens is 325 g/mol. The summed E-state index contributed by atoms with van der Waals surface area (Å²) in [4.78, 5) is 27.8. The van der Waals surface area contributed by atoms with E-state index in [0.29, 0.717) is 18.0 Å². The second kappa shape index (κ2) is 6.66. The molecular formula is C18H20FN3O3. The summed E-state index contributed by atoms with van der Waals surface area (Å²) in [6, 6.07) is 6.48. The first-order chi connectivity index (χ1) is 11.8. The van der Waals surface area contributed by atoms with Crippen LogP contribution in [0.2, 0.25) is 0 Å². The number of hydrogen-bond acceptors (Lipinski definition) is 4. The highest BCUT2D eigenvalue weighted by molar-refractivity contribution is 6.00. The lowest BCUT2D eigenvalue weighted by molar-refractivity contribution is -0.135. The molecule has 0 aliphatic carbocycles. The maximum Gasteiger partial charge on any atom is 0.228 e. The molecule has 0 spiro atoms. The van der Waals surface area contributed by atoms with Crippen molar-refractivity contribution in [1.82, 2.24) is 10.1 Å². The molecule has 1 aromatic heterocycles. The van der Waals surface area contributed by atoms with Crippen LogP contribution in [0.3, 0.4) is 0 Å². The van der Waals surface area contributed by atoms with Gasteiger partial charge in [-0.05, 0) is 31.5 Å². The largest absolute Gasteiger partial charge is 0.361 e. The molecule has 2 aromatic rings. The van der Waals surface area contributed by atoms with Gasteiger partial charge in [0.25, 0.3) is 0 Å². The number of hydrogen-bond donors (Lipinski definition) is 0. The molecule has 7 heteroatoms. The molecule has 0 bridgehead atoms. The number of aryl methyl sites for hydroxylation is 2. The Labute approximate surface area is 145 Å². The second-order valence-corrected chi connectivity index (χ2v) is 6.48. The molecule has 1 saturated heterocycles. The van der Waals surface area contributed by atoms with Crippen molar-refractivity contribution >= 4 is 17.5 Å². The maximum atomic E-state index is 14.1. The number of anilines is 1. The summed E-state index contributed by atoms with van der Waals surface area (Å²) in [6.07, 6.45) is 0.0777. The van der Waals surface area contributed by atoms with E-state index in [0.717, 1.165) is 5.56 Å². The highest BCUT2D eigenvalue weighted by atomic mass is 19.1. The third kappa shape index (κ3) is 3.55. The number of benzene rings is 1. The lowest BCUT2D eigenvalue weighted by atomic mass is 10.1. The standard InChI is InChI=1S/C18H20FN3O3/c1-11-4-5-16(15(19)6-11)22-9-13(8-17(22)23)18(24)21(3)10-14-7-12(2)25-20-14/h4-7,13H,8-10H2,1-3H3/t13-/m1/s1. The number of carbonyl (C=O) groups excluding carboxylic acids is 2. The summed E-state index contributed by atoms with van der Waals surface area (Å²) in [5, 5.41) is 3.87. The van der Waals surface area contributed by atoms with Crippen molar-refractivity contribution in [1.29, 1.82) is 0 Å². The van der Waals surface area contributed by atoms with E-state index in [-0.39, 0.29) is 30.5 Å². The quantitative estimate of drug-likeness (QED) is 0.854. The molecule has 3 rings (SSSR count). The van der Waals surface area contributed by atoms with Crippen LogP contribution in [0.15, 0.2) is 28.8 Å². The van der Waals surface area contributed by atoms with Gasteiger partial charge in [-0.25, -0.2) is 4.39 Å². The maximum absolute atomic E-state index is 14.1. The Kier molecular flexibility index (Phi) is 4.57. The van der Waals surface area contributed by atoms with Crippen molar-refractivity contribution in [2.75, 3.05) is 18.5 Å². The van der Waals surface area contributed by atoms with Gasteiger partial charge < -0.3 is 14.3 Å². The number of rotatable bonds is 4. The monoisotopic (exact) mass is 345 g/mol. The average Bonchev–Trinajstić information content (AvgIpc) is 3.12. The number of nitrogens with zero attached hydrogens (tertiary/aromatic N) is 3. The van der Waals surface area contributed by atoms with Gasteiger partial charge in [0.15, 0.2) is 0 Å². The molecule has 1 aliphatic rings. The van der Waals surface area contributed by atoms with Crippen LogP contribution < -0.4 is 4.90 Å². The summed E-state index contributed by atoms with van der Waals surface area (Å²) in [5.74, 6) is -0.678. The number of aromatic nitrogens is 1. The van der Waals surface area contributed by atoms with Crippen LogP contribution in [0.4, 0.5) is 10.1 Å². The molecule has 0 saturated carbocycles. The van der Waals surface area contributed by atoms with Gasteiger partial charge in [-0.2, -0.15) is 0 Å². The highest BCUT2D eigenvalue weighted by Crippen LogP contribution is 2.29. The topological polar surface area (TPSA) is 66.7 Å². The summed E-state index contributed by atoms with van der Waals surface area (Å²) < 4.78 is 19.1. The van der Waals surface area contributed by atoms with Crippen LogP contribution in [0.25, 0.3) is 0 Å². The molecule has 0 radical (unpaired) electrons. The highest BCUT2D eigenvalue weighted by Gasteiger charge is 2.37. The molecule has 0 N–H and O–H groups in total. The van der Waals surface area contributed by atoms with E-state index in [1.165, 1.54) is 15.9 Å². The molecule has 6 nitrogen and oxygen atoms in total. The Bertz CT molecular complexity index is 818. The smallest absolute Gasteiger partial charge is 0.228 e. The van der Waals surface area contributed by atoms with Crippen LogP contribution in [-0.4, -0.2) is 35.5 Å². The fourth-order valence-electron chi connectivity index (χ4n) is 3.06. The minimum atomic E-state index is -0.494. The molecule has 2 heterocycles. The zero-order chi connectivity index (χ0) is 18.1. The summed E-state index contributed by atoms with van der Waals surface area (Å²) in [7, 11) is 1.66. The molecule has 2 amide bonds. The van der Waals surface area contributed by atoms with Gasteiger partial charge in [-0.15, -0.1) is 0 Å². The number of amides is 2. The van der Waals surface area contributed by atoms with E-state index < -0.39 is 11.7 Å². The van der Waals surface area contributed by atoms with Crippen LogP contribution in [0, 0.1) is 25.6 Å². The van der Waals surface area contributed by atoms with E-state index >= 15 is 0 Å². The predicted molar refractivity (Wildman–Crippen MR) is 89.3 cm³/mol. The van der Waals surface area contributed by atoms with Crippen molar-refractivity contribution in [3.8, 4) is 0 Å². The molecule has 132 valence electrons. The molecule has 1 fully saturated rings. The fraction of sp³-hybridized carbons (Fsp3) is 0.389. The van der Waals surface area contributed by atoms with Gasteiger partial charge in [0.1, 0.15) is 17.3 Å². The van der Waals surface area contributed by atoms with E-state index in [1.54, 1.807) is 39.1 Å². The van der Waals surface area contributed by atoms with Crippen LogP contribution in [0.5, 0.6) is 0 Å². The van der Waals surface area contributed by atoms with Crippen molar-refractivity contribution in [2.45, 2.75) is 26.8 Å². The van der Waals surface area contributed by atoms with Gasteiger partial charge >= 0.3 is 0 Å². The van der Waals surface area contributed by atoms with Crippen molar-refractivity contribution in [3.05, 3.63) is 47.1 Å². The Hall–Kier alpha value is -2.70. The molecule has 1 aromatic carbocycles. The fourth-order valence-corrected chi connectivity index (χ4v) is 3.06. The van der Waals surface area contributed by atoms with Crippen LogP contribution in [0.1, 0.15) is 23.4 Å². The minimum absolute atomic E-state index is 0.0777. The average molecular weight is 345 g/mol. The first-order valence-corrected chi connectivity index (χ1v) is 8.09. The van der Waals surface area contributed by atoms with E-state index in [9.17, 15) is 14.0 Å². The van der Waals surface area contributed by atoms with Crippen molar-refractivity contribution in [3.63, 3.8) is 0 Å². The molecule has 1 atom stereocenters. The molecule has 0 unspecified atom stereocenters. The second-order valence-electron chi connectivity index (χ2n) is 6.48. The Morgan fingerprint density at radius 2 is 2.16 bits per heavy atom. The van der Waals surface area contributed by atoms with E-state index in [4.69, 9.17) is 4.52 Å². The summed E-state index contributed by atoms with van der Waals surface area (Å²) in [5.41, 5.74) is 1.66. The van der Waals surface area contributed by atoms with E-state index in [1.807, 2.05) is 0 Å². The van der Waals surface area contributed by atoms with Crippen LogP contribution in [-0.2, 0) is 16.1 Å². The minimum Gasteiger partial charge on any atom is -0.361 e. The summed E-state index contributed by atoms with van der Waals surface area (Å²) >= 11 is 0. The number of carbonyl (C=O) groups is 2. The third-order valence-corrected chi connectivity index (χ3v) is 4.32. The Morgan fingerprint density at radius 1 is 1.40 bits per heavy atom. The van der Waals surface area contributed by atoms with E-state index in [2.05, 4.69) is 5.16 Å².